The number of aromatic nitrogens is 1. The maximum atomic E-state index is 12.7. The monoisotopic (exact) mass is 800 g/mol. The largest absolute Gasteiger partial charge is 0.492 e. The van der Waals surface area contributed by atoms with Crippen LogP contribution in [0.2, 0.25) is 0 Å². The Labute approximate surface area is 345 Å². The van der Waals surface area contributed by atoms with E-state index in [0.29, 0.717) is 48.2 Å². The van der Waals surface area contributed by atoms with Crippen molar-refractivity contribution in [2.75, 3.05) is 44.3 Å². The van der Waals surface area contributed by atoms with E-state index in [1.807, 2.05) is 0 Å². The summed E-state index contributed by atoms with van der Waals surface area (Å²) >= 11 is 0. The van der Waals surface area contributed by atoms with E-state index in [-0.39, 0.29) is 33.8 Å². The molecular formula is C49H73N3O4S. The minimum atomic E-state index is -1.87. The number of nitrogens with zero attached hydrogens (tertiary/aromatic N) is 2. The predicted molar refractivity (Wildman–Crippen MR) is 234 cm³/mol. The van der Waals surface area contributed by atoms with E-state index < -0.39 is 20.9 Å². The number of pyridine rings is 1. The molecule has 1 aliphatic heterocycles. The summed E-state index contributed by atoms with van der Waals surface area (Å²) < 4.78 is 18.6. The Bertz CT molecular complexity index is 1890. The van der Waals surface area contributed by atoms with Gasteiger partial charge in [-0.3, -0.25) is 14.0 Å². The highest BCUT2D eigenvalue weighted by Crippen LogP contribution is 2.76. The number of hydrogen-bond acceptors (Lipinski definition) is 6. The zero-order valence-corrected chi connectivity index (χ0v) is 37.0. The van der Waals surface area contributed by atoms with Gasteiger partial charge in [-0.15, -0.1) is 0 Å². The molecule has 4 saturated carbocycles. The van der Waals surface area contributed by atoms with Crippen molar-refractivity contribution in [2.24, 2.45) is 56.7 Å². The Hall–Kier alpha value is -2.42. The number of aliphatic carboxylic acids is 1. The molecule has 7 aliphatic rings. The lowest BCUT2D eigenvalue weighted by molar-refractivity contribution is -0.221. The van der Waals surface area contributed by atoms with Gasteiger partial charge in [-0.05, 0) is 174 Å². The first-order chi connectivity index (χ1) is 26.9. The number of carboxylic acids is 1. The average molecular weight is 800 g/mol. The van der Waals surface area contributed by atoms with Gasteiger partial charge >= 0.3 is 5.97 Å². The summed E-state index contributed by atoms with van der Waals surface area (Å²) in [5.74, 6) is 8.57. The number of carbonyl (C=O) groups is 1. The Morgan fingerprint density at radius 1 is 0.947 bits per heavy atom. The molecule has 8 rings (SSSR count). The van der Waals surface area contributed by atoms with Gasteiger partial charge in [0.1, 0.15) is 17.8 Å². The molecule has 1 saturated heterocycles. The fourth-order valence-electron chi connectivity index (χ4n) is 15.3. The van der Waals surface area contributed by atoms with E-state index in [1.165, 1.54) is 68.1 Å². The van der Waals surface area contributed by atoms with Crippen LogP contribution in [0.25, 0.3) is 0 Å². The molecule has 1 aromatic heterocycles. The van der Waals surface area contributed by atoms with Gasteiger partial charge in [0, 0.05) is 55.6 Å². The van der Waals surface area contributed by atoms with Gasteiger partial charge in [-0.2, -0.15) is 0 Å². The van der Waals surface area contributed by atoms with Crippen molar-refractivity contribution in [3.05, 3.63) is 60.0 Å². The first kappa shape index (κ1) is 41.3. The number of fused-ring (bicyclic) bond motifs is 7. The van der Waals surface area contributed by atoms with Crippen LogP contribution < -0.4 is 10.1 Å². The minimum Gasteiger partial charge on any atom is -0.492 e. The maximum Gasteiger partial charge on any atom is 0.313 e. The second-order valence-electron chi connectivity index (χ2n) is 21.5. The van der Waals surface area contributed by atoms with Crippen molar-refractivity contribution in [3.8, 4) is 5.75 Å². The van der Waals surface area contributed by atoms with Crippen molar-refractivity contribution in [1.29, 1.82) is 0 Å². The second kappa shape index (κ2) is 14.6. The molecule has 5 fully saturated rings. The first-order valence-corrected chi connectivity index (χ1v) is 24.6. The van der Waals surface area contributed by atoms with E-state index in [2.05, 4.69) is 81.3 Å². The molecule has 1 aromatic rings. The van der Waals surface area contributed by atoms with Gasteiger partial charge in [0.05, 0.1) is 0 Å². The molecule has 0 radical (unpaired) electrons. The Balaban J connectivity index is 1.01. The summed E-state index contributed by atoms with van der Waals surface area (Å²) in [6.45, 7) is 24.2. The highest BCUT2D eigenvalue weighted by Gasteiger charge is 2.70. The van der Waals surface area contributed by atoms with Crippen LogP contribution in [0, 0.1) is 56.7 Å². The van der Waals surface area contributed by atoms with Gasteiger partial charge in [-0.1, -0.05) is 58.9 Å². The van der Waals surface area contributed by atoms with E-state index in [1.54, 1.807) is 24.5 Å². The molecule has 7 nitrogen and oxygen atoms in total. The molecule has 2 N–H and O–H groups in total. The molecule has 314 valence electrons. The highest BCUT2D eigenvalue weighted by molar-refractivity contribution is 8.00. The zero-order valence-electron chi connectivity index (χ0n) is 36.2. The molecule has 0 aromatic carbocycles. The number of nitrogens with one attached hydrogen (secondary N) is 1. The molecule has 0 amide bonds. The van der Waals surface area contributed by atoms with Crippen LogP contribution in [0.3, 0.4) is 0 Å². The van der Waals surface area contributed by atoms with Gasteiger partial charge < -0.3 is 20.1 Å². The molecule has 10 atom stereocenters. The molecule has 2 heterocycles. The van der Waals surface area contributed by atoms with Gasteiger partial charge in [-0.25, -0.2) is 0 Å². The maximum absolute atomic E-state index is 12.7. The normalized spacial score (nSPS) is 42.3. The minimum absolute atomic E-state index is 0.0231. The van der Waals surface area contributed by atoms with Crippen molar-refractivity contribution in [2.45, 2.75) is 124 Å². The molecule has 0 bridgehead atoms. The summed E-state index contributed by atoms with van der Waals surface area (Å²) in [4.78, 5) is 19.3. The molecule has 57 heavy (non-hydrogen) atoms. The van der Waals surface area contributed by atoms with Gasteiger partial charge in [0.15, 0.2) is 0 Å². The summed E-state index contributed by atoms with van der Waals surface area (Å²) in [7, 11) is -1.87. The Morgan fingerprint density at radius 2 is 1.68 bits per heavy atom. The third-order valence-electron chi connectivity index (χ3n) is 18.7. The van der Waals surface area contributed by atoms with Gasteiger partial charge in [0.25, 0.3) is 0 Å². The Kier molecular flexibility index (Phi) is 10.6. The molecule has 1 unspecified atom stereocenters. The van der Waals surface area contributed by atoms with Crippen molar-refractivity contribution < 1.29 is 18.8 Å². The van der Waals surface area contributed by atoms with Crippen LogP contribution in [-0.4, -0.2) is 80.9 Å². The number of rotatable bonds is 10. The Morgan fingerprint density at radius 3 is 2.35 bits per heavy atom. The van der Waals surface area contributed by atoms with Crippen LogP contribution in [0.15, 0.2) is 60.0 Å². The van der Waals surface area contributed by atoms with E-state index >= 15 is 0 Å². The highest BCUT2D eigenvalue weighted by atomic mass is 32.2. The van der Waals surface area contributed by atoms with Gasteiger partial charge in [0.2, 0.25) is 0 Å². The number of carboxylic acid groups (broad SMARTS) is 1. The average Bonchev–Trinajstić information content (AvgIpc) is 3.55. The third-order valence-corrected chi connectivity index (χ3v) is 20.5. The summed E-state index contributed by atoms with van der Waals surface area (Å²) in [6.07, 6.45) is 21.5. The van der Waals surface area contributed by atoms with Crippen molar-refractivity contribution in [1.82, 2.24) is 15.2 Å². The lowest BCUT2D eigenvalue weighted by Gasteiger charge is -2.72. The fraction of sp³-hybridized carbons (Fsp3) is 0.735. The third kappa shape index (κ3) is 6.73. The van der Waals surface area contributed by atoms with Crippen molar-refractivity contribution in [3.63, 3.8) is 0 Å². The lowest BCUT2D eigenvalue weighted by Crippen LogP contribution is -2.68. The van der Waals surface area contributed by atoms with Crippen LogP contribution in [0.1, 0.15) is 119 Å². The SMILES string of the molecule is C=C(C)[C@@H]1CC[C@]2(NCCN3CCS(=C)(=O)CC3)CC[C@]3(C)[C@H](CC[C@@H]4[C@@]5(C)CC=C(C6=CCC(COc7ccncc7)(C(=O)O)CC6)C(C)(C)[C@@H]5CC[C@]43C)[C@@H]12. The molecular weight excluding hydrogens is 727 g/mol. The van der Waals surface area contributed by atoms with Crippen LogP contribution >= 0.6 is 0 Å². The predicted octanol–water partition coefficient (Wildman–Crippen LogP) is 9.21. The van der Waals surface area contributed by atoms with Crippen LogP contribution in [0.4, 0.5) is 0 Å². The van der Waals surface area contributed by atoms with Crippen LogP contribution in [-0.2, 0) is 14.3 Å². The van der Waals surface area contributed by atoms with E-state index in [0.717, 1.165) is 50.5 Å². The molecule has 0 spiro atoms. The number of ether oxygens (including phenoxy) is 1. The second-order valence-corrected chi connectivity index (χ2v) is 24.3. The van der Waals surface area contributed by atoms with Crippen molar-refractivity contribution >= 4 is 21.4 Å². The number of hydrogen-bond donors (Lipinski definition) is 2. The summed E-state index contributed by atoms with van der Waals surface area (Å²) in [5.41, 5.74) is 4.35. The quantitative estimate of drug-likeness (QED) is 0.180. The number of allylic oxidation sites excluding steroid dienone is 5. The topological polar surface area (TPSA) is 91.8 Å². The van der Waals surface area contributed by atoms with E-state index in [9.17, 15) is 14.1 Å². The fourth-order valence-corrected chi connectivity index (χ4v) is 16.7. The standard InChI is InChI=1S/C49H73N3O4S/c1-34(2)37-13-22-49(51-27-28-52-29-31-57(8,55)32-30-52)24-23-46(6)39(42(37)49)9-10-41-45(5)18-14-38(44(3,4)40(45)15-19-47(41,46)7)35-11-20-48(21-12-35,43(53)54)33-56-36-16-25-50-26-17-36/h11,14,16-17,25-26,37,39-42,51H,1,8-10,12-13,15,18-24,27-33H2,2-7H3,(H,53,54)/t37-,39+,40-,41+,42+,45-,46+,47+,48?,49-/m0/s1. The van der Waals surface area contributed by atoms with Crippen LogP contribution in [0.5, 0.6) is 5.75 Å². The molecule has 6 aliphatic carbocycles. The smallest absolute Gasteiger partial charge is 0.313 e. The summed E-state index contributed by atoms with van der Waals surface area (Å²) in [6, 6.07) is 3.59. The summed E-state index contributed by atoms with van der Waals surface area (Å²) in [5, 5.41) is 14.7. The molecule has 8 heteroatoms. The first-order valence-electron chi connectivity index (χ1n) is 22.5. The van der Waals surface area contributed by atoms with E-state index in [4.69, 9.17) is 4.74 Å². The lowest BCUT2D eigenvalue weighted by atomic mass is 9.33. The zero-order chi connectivity index (χ0) is 40.6.